The Morgan fingerprint density at radius 3 is 2.04 bits per heavy atom. The molecule has 0 spiro atoms. The molecule has 0 heterocycles. The number of rotatable bonds is 13. The number of benzene rings is 1. The molecule has 0 N–H and O–H groups in total. The highest BCUT2D eigenvalue weighted by Gasteiger charge is 2.37. The topological polar surface area (TPSA) is 26.3 Å². The van der Waals surface area contributed by atoms with E-state index >= 15 is 0 Å². The van der Waals surface area contributed by atoms with Gasteiger partial charge in [0.05, 0.1) is 11.7 Å². The van der Waals surface area contributed by atoms with E-state index in [1.54, 1.807) is 6.92 Å². The van der Waals surface area contributed by atoms with E-state index in [4.69, 9.17) is 4.74 Å². The van der Waals surface area contributed by atoms with Crippen LogP contribution in [0.5, 0.6) is 0 Å². The molecule has 1 rings (SSSR count). The molecule has 1 aromatic rings. The summed E-state index contributed by atoms with van der Waals surface area (Å²) in [5, 5.41) is 0. The molecule has 0 saturated carbocycles. The van der Waals surface area contributed by atoms with Crippen LogP contribution in [0, 0.1) is 5.82 Å². The third-order valence-electron chi connectivity index (χ3n) is 4.80. The second-order valence-electron chi connectivity index (χ2n) is 7.35. The number of esters is 1. The van der Waals surface area contributed by atoms with Crippen molar-refractivity contribution in [3.63, 3.8) is 0 Å². The van der Waals surface area contributed by atoms with Crippen LogP contribution in [0.15, 0.2) is 18.2 Å². The monoisotopic (exact) mass is 404 g/mol. The van der Waals surface area contributed by atoms with Crippen LogP contribution in [-0.2, 0) is 10.9 Å². The Morgan fingerprint density at radius 1 is 0.964 bits per heavy atom. The van der Waals surface area contributed by atoms with E-state index < -0.39 is 35.2 Å². The van der Waals surface area contributed by atoms with Crippen LogP contribution < -0.4 is 0 Å². The fourth-order valence-corrected chi connectivity index (χ4v) is 3.19. The molecule has 0 aliphatic heterocycles. The largest absolute Gasteiger partial charge is 0.459 e. The highest BCUT2D eigenvalue weighted by molar-refractivity contribution is 5.91. The van der Waals surface area contributed by atoms with E-state index in [-0.39, 0.29) is 0 Å². The van der Waals surface area contributed by atoms with Gasteiger partial charge >= 0.3 is 12.1 Å². The van der Waals surface area contributed by atoms with Gasteiger partial charge in [0.2, 0.25) is 0 Å². The van der Waals surface area contributed by atoms with E-state index in [2.05, 4.69) is 6.92 Å². The first-order valence-electron chi connectivity index (χ1n) is 10.3. The molecule has 2 nitrogen and oxygen atoms in total. The number of alkyl halides is 3. The van der Waals surface area contributed by atoms with Gasteiger partial charge in [0.1, 0.15) is 11.4 Å². The van der Waals surface area contributed by atoms with Crippen molar-refractivity contribution >= 4 is 5.97 Å². The van der Waals surface area contributed by atoms with Crippen molar-refractivity contribution in [3.8, 4) is 0 Å². The molecule has 0 bridgehead atoms. The lowest BCUT2D eigenvalue weighted by atomic mass is 10.0. The molecule has 0 radical (unpaired) electrons. The van der Waals surface area contributed by atoms with Gasteiger partial charge in [-0.2, -0.15) is 13.2 Å². The number of hydrogen-bond acceptors (Lipinski definition) is 2. The van der Waals surface area contributed by atoms with Gasteiger partial charge in [-0.25, -0.2) is 9.18 Å². The van der Waals surface area contributed by atoms with E-state index in [0.717, 1.165) is 31.4 Å². The second kappa shape index (κ2) is 12.8. The first-order chi connectivity index (χ1) is 13.3. The predicted octanol–water partition coefficient (Wildman–Crippen LogP) is 7.70. The van der Waals surface area contributed by atoms with Crippen molar-refractivity contribution in [2.45, 2.75) is 96.8 Å². The molecule has 1 atom stereocenters. The summed E-state index contributed by atoms with van der Waals surface area (Å²) >= 11 is 0. The fourth-order valence-electron chi connectivity index (χ4n) is 3.19. The normalized spacial score (nSPS) is 12.8. The molecule has 0 saturated heterocycles. The summed E-state index contributed by atoms with van der Waals surface area (Å²) in [5.74, 6) is -2.48. The van der Waals surface area contributed by atoms with Gasteiger partial charge in [-0.05, 0) is 31.9 Å². The minimum absolute atomic E-state index is 0.553. The summed E-state index contributed by atoms with van der Waals surface area (Å²) in [4.78, 5) is 12.1. The summed E-state index contributed by atoms with van der Waals surface area (Å²) in [6.07, 6.45) is 6.90. The average Bonchev–Trinajstić information content (AvgIpc) is 2.62. The highest BCUT2D eigenvalue weighted by Crippen LogP contribution is 2.33. The second-order valence-corrected chi connectivity index (χ2v) is 7.35. The van der Waals surface area contributed by atoms with E-state index in [0.29, 0.717) is 12.5 Å². The Hall–Kier alpha value is -1.59. The molecule has 0 aliphatic carbocycles. The summed E-state index contributed by atoms with van der Waals surface area (Å²) in [6, 6.07) is 2.45. The molecular formula is C22H32F4O2. The van der Waals surface area contributed by atoms with Gasteiger partial charge in [-0.1, -0.05) is 70.8 Å². The minimum Gasteiger partial charge on any atom is -0.459 e. The lowest BCUT2D eigenvalue weighted by molar-refractivity contribution is -0.138. The number of halogens is 4. The third kappa shape index (κ3) is 9.07. The molecule has 0 fully saturated rings. The van der Waals surface area contributed by atoms with Gasteiger partial charge in [0.15, 0.2) is 0 Å². The molecule has 28 heavy (non-hydrogen) atoms. The predicted molar refractivity (Wildman–Crippen MR) is 103 cm³/mol. The first kappa shape index (κ1) is 24.4. The Balaban J connectivity index is 2.31. The molecule has 1 unspecified atom stereocenters. The van der Waals surface area contributed by atoms with Crippen molar-refractivity contribution in [2.75, 3.05) is 0 Å². The molecule has 1 aromatic carbocycles. The van der Waals surface area contributed by atoms with Gasteiger partial charge < -0.3 is 4.74 Å². The molecule has 6 heteroatoms. The molecular weight excluding hydrogens is 372 g/mol. The Kier molecular flexibility index (Phi) is 11.2. The van der Waals surface area contributed by atoms with Gasteiger partial charge in [-0.3, -0.25) is 0 Å². The van der Waals surface area contributed by atoms with Crippen molar-refractivity contribution in [1.82, 2.24) is 0 Å². The maximum Gasteiger partial charge on any atom is 0.417 e. The van der Waals surface area contributed by atoms with Crippen LogP contribution in [0.1, 0.15) is 100 Å². The first-order valence-corrected chi connectivity index (χ1v) is 10.3. The van der Waals surface area contributed by atoms with Crippen molar-refractivity contribution in [2.24, 2.45) is 0 Å². The maximum absolute atomic E-state index is 13.8. The average molecular weight is 404 g/mol. The number of hydrogen-bond donors (Lipinski definition) is 0. The summed E-state index contributed by atoms with van der Waals surface area (Å²) in [7, 11) is 0. The Bertz CT molecular complexity index is 584. The highest BCUT2D eigenvalue weighted by atomic mass is 19.4. The Morgan fingerprint density at radius 2 is 1.50 bits per heavy atom. The van der Waals surface area contributed by atoms with Crippen molar-refractivity contribution in [1.29, 1.82) is 0 Å². The zero-order valence-corrected chi connectivity index (χ0v) is 16.9. The lowest BCUT2D eigenvalue weighted by Crippen LogP contribution is -2.21. The van der Waals surface area contributed by atoms with Gasteiger partial charge in [0.25, 0.3) is 0 Å². The van der Waals surface area contributed by atoms with Crippen molar-refractivity contribution in [3.05, 3.63) is 35.1 Å². The third-order valence-corrected chi connectivity index (χ3v) is 4.80. The fraction of sp³-hybridized carbons (Fsp3) is 0.682. The van der Waals surface area contributed by atoms with Gasteiger partial charge in [0, 0.05) is 0 Å². The van der Waals surface area contributed by atoms with E-state index in [1.807, 2.05) is 0 Å². The van der Waals surface area contributed by atoms with Crippen LogP contribution in [0.3, 0.4) is 0 Å². The van der Waals surface area contributed by atoms with Gasteiger partial charge in [-0.15, -0.1) is 0 Å². The molecule has 0 aromatic heterocycles. The number of carbonyl (C=O) groups is 1. The van der Waals surface area contributed by atoms with E-state index in [1.165, 1.54) is 44.9 Å². The summed E-state index contributed by atoms with van der Waals surface area (Å²) in [5.41, 5.74) is -2.34. The summed E-state index contributed by atoms with van der Waals surface area (Å²) in [6.45, 7) is 3.82. The van der Waals surface area contributed by atoms with E-state index in [9.17, 15) is 22.4 Å². The number of carbonyl (C=O) groups excluding carboxylic acids is 1. The summed E-state index contributed by atoms with van der Waals surface area (Å²) < 4.78 is 57.8. The molecule has 0 amide bonds. The molecule has 160 valence electrons. The SMILES string of the molecule is CCCCCCCCCCCCC(C)OC(=O)c1c(F)cccc1C(F)(F)F. The van der Waals surface area contributed by atoms with Crippen LogP contribution in [-0.4, -0.2) is 12.1 Å². The smallest absolute Gasteiger partial charge is 0.417 e. The Labute approximate surface area is 165 Å². The minimum atomic E-state index is -4.81. The number of ether oxygens (including phenoxy) is 1. The lowest BCUT2D eigenvalue weighted by Gasteiger charge is -2.16. The van der Waals surface area contributed by atoms with Crippen LogP contribution >= 0.6 is 0 Å². The zero-order chi connectivity index (χ0) is 21.0. The maximum atomic E-state index is 13.8. The molecule has 0 aliphatic rings. The van der Waals surface area contributed by atoms with Crippen LogP contribution in [0.4, 0.5) is 17.6 Å². The van der Waals surface area contributed by atoms with Crippen LogP contribution in [0.2, 0.25) is 0 Å². The zero-order valence-electron chi connectivity index (χ0n) is 16.9. The number of unbranched alkanes of at least 4 members (excludes halogenated alkanes) is 9. The quantitative estimate of drug-likeness (QED) is 0.191. The standard InChI is InChI=1S/C22H32F4O2/c1-3-4-5-6-7-8-9-10-11-12-14-17(2)28-21(27)20-18(22(24,25)26)15-13-16-19(20)23/h13,15-17H,3-12,14H2,1-2H3. The van der Waals surface area contributed by atoms with Crippen LogP contribution in [0.25, 0.3) is 0 Å². The van der Waals surface area contributed by atoms with Crippen molar-refractivity contribution < 1.29 is 27.1 Å².